The number of carbonyl (C=O) groups is 1. The average Bonchev–Trinajstić information content (AvgIpc) is 3.41. The molecule has 0 saturated carbocycles. The van der Waals surface area contributed by atoms with Gasteiger partial charge in [0.1, 0.15) is 11.3 Å². The molecule has 0 radical (unpaired) electrons. The van der Waals surface area contributed by atoms with Gasteiger partial charge < -0.3 is 20.6 Å². The fraction of sp³-hybridized carbons (Fsp3) is 0.217. The molecule has 30 heavy (non-hydrogen) atoms. The summed E-state index contributed by atoms with van der Waals surface area (Å²) in [5.41, 5.74) is 10.7. The normalized spacial score (nSPS) is 14.9. The number of hydrogen-bond acceptors (Lipinski definition) is 4. The summed E-state index contributed by atoms with van der Waals surface area (Å²) in [6.45, 7) is 5.29. The monoisotopic (exact) mass is 400 g/mol. The van der Waals surface area contributed by atoms with Crippen LogP contribution in [0.15, 0.2) is 60.9 Å². The molecule has 0 bridgehead atoms. The highest BCUT2D eigenvalue weighted by molar-refractivity contribution is 6.04. The number of fused-ring (bicyclic) bond motifs is 1. The van der Waals surface area contributed by atoms with E-state index in [4.69, 9.17) is 5.73 Å². The van der Waals surface area contributed by atoms with E-state index < -0.39 is 5.91 Å². The molecule has 4 aromatic rings. The maximum Gasteiger partial charge on any atom is 0.250 e. The van der Waals surface area contributed by atoms with E-state index in [1.807, 2.05) is 18.2 Å². The van der Waals surface area contributed by atoms with Crippen LogP contribution >= 0.6 is 0 Å². The van der Waals surface area contributed by atoms with E-state index in [2.05, 4.69) is 55.3 Å². The van der Waals surface area contributed by atoms with Crippen molar-refractivity contribution in [3.8, 4) is 17.1 Å². The number of H-pyrrole nitrogens is 1. The van der Waals surface area contributed by atoms with Crippen molar-refractivity contribution in [3.63, 3.8) is 0 Å². The van der Waals surface area contributed by atoms with E-state index in [0.717, 1.165) is 55.3 Å². The van der Waals surface area contributed by atoms with Crippen LogP contribution in [-0.2, 0) is 6.54 Å². The molecule has 152 valence electrons. The van der Waals surface area contributed by atoms with E-state index in [9.17, 15) is 4.79 Å². The smallest absolute Gasteiger partial charge is 0.250 e. The van der Waals surface area contributed by atoms with Gasteiger partial charge in [-0.15, -0.1) is 0 Å². The van der Waals surface area contributed by atoms with Crippen molar-refractivity contribution < 1.29 is 4.79 Å². The first-order chi connectivity index (χ1) is 14.7. The number of nitrogens with two attached hydrogens (primary N) is 1. The molecule has 1 saturated heterocycles. The summed E-state index contributed by atoms with van der Waals surface area (Å²) >= 11 is 0. The Bertz CT molecular complexity index is 1180. The van der Waals surface area contributed by atoms with Gasteiger partial charge in [-0.05, 0) is 48.0 Å². The van der Waals surface area contributed by atoms with Gasteiger partial charge in [-0.25, -0.2) is 4.98 Å². The highest BCUT2D eigenvalue weighted by Crippen LogP contribution is 2.24. The molecule has 2 aromatic carbocycles. The fourth-order valence-corrected chi connectivity index (χ4v) is 3.98. The Labute approximate surface area is 174 Å². The molecule has 0 atom stereocenters. The van der Waals surface area contributed by atoms with Crippen LogP contribution < -0.4 is 11.1 Å². The minimum absolute atomic E-state index is 0.427. The van der Waals surface area contributed by atoms with E-state index >= 15 is 0 Å². The Morgan fingerprint density at radius 3 is 2.63 bits per heavy atom. The number of imidazole rings is 1. The largest absolute Gasteiger partial charge is 0.366 e. The SMILES string of the molecule is NC(=O)c1cccc2[nH]c(-c3ccc(-n4ccc(CN5CCNCC5)c4)cc3)nc12. The first kappa shape index (κ1) is 18.6. The number of nitrogens with zero attached hydrogens (tertiary/aromatic N) is 3. The summed E-state index contributed by atoms with van der Waals surface area (Å²) in [5, 5.41) is 3.39. The van der Waals surface area contributed by atoms with Gasteiger partial charge >= 0.3 is 0 Å². The highest BCUT2D eigenvalue weighted by Gasteiger charge is 2.13. The topological polar surface area (TPSA) is 92.0 Å². The van der Waals surface area contributed by atoms with Gasteiger partial charge in [0.15, 0.2) is 0 Å². The summed E-state index contributed by atoms with van der Waals surface area (Å²) in [5.74, 6) is 0.246. The highest BCUT2D eigenvalue weighted by atomic mass is 16.1. The van der Waals surface area contributed by atoms with E-state index in [0.29, 0.717) is 11.1 Å². The molecule has 1 aliphatic heterocycles. The number of aromatic nitrogens is 3. The average molecular weight is 400 g/mol. The zero-order valence-corrected chi connectivity index (χ0v) is 16.6. The van der Waals surface area contributed by atoms with Crippen LogP contribution in [0.25, 0.3) is 28.1 Å². The zero-order chi connectivity index (χ0) is 20.5. The molecular formula is C23H24N6O. The van der Waals surface area contributed by atoms with Gasteiger partial charge in [-0.1, -0.05) is 6.07 Å². The van der Waals surface area contributed by atoms with Crippen molar-refractivity contribution in [3.05, 3.63) is 72.1 Å². The number of carbonyl (C=O) groups excluding carboxylic acids is 1. The quantitative estimate of drug-likeness (QED) is 0.480. The lowest BCUT2D eigenvalue weighted by Crippen LogP contribution is -2.42. The van der Waals surface area contributed by atoms with Gasteiger partial charge in [-0.3, -0.25) is 9.69 Å². The maximum absolute atomic E-state index is 11.6. The summed E-state index contributed by atoms with van der Waals surface area (Å²) in [6.07, 6.45) is 4.30. The molecule has 7 heteroatoms. The van der Waals surface area contributed by atoms with Gasteiger partial charge in [0, 0.05) is 56.4 Å². The number of primary amides is 1. The van der Waals surface area contributed by atoms with Gasteiger partial charge in [0.2, 0.25) is 0 Å². The Morgan fingerprint density at radius 1 is 1.07 bits per heavy atom. The molecule has 0 aliphatic carbocycles. The number of amides is 1. The van der Waals surface area contributed by atoms with Crippen LogP contribution in [0, 0.1) is 0 Å². The lowest BCUT2D eigenvalue weighted by Gasteiger charge is -2.26. The second kappa shape index (κ2) is 7.78. The van der Waals surface area contributed by atoms with Crippen LogP contribution in [0.4, 0.5) is 0 Å². The van der Waals surface area contributed by atoms with Gasteiger partial charge in [0.25, 0.3) is 5.91 Å². The van der Waals surface area contributed by atoms with Crippen LogP contribution in [-0.4, -0.2) is 51.5 Å². The Morgan fingerprint density at radius 2 is 1.87 bits per heavy atom. The number of para-hydroxylation sites is 1. The van der Waals surface area contributed by atoms with Crippen molar-refractivity contribution in [2.24, 2.45) is 5.73 Å². The third kappa shape index (κ3) is 3.60. The molecule has 0 unspecified atom stereocenters. The van der Waals surface area contributed by atoms with E-state index in [1.54, 1.807) is 12.1 Å². The number of piperazine rings is 1. The maximum atomic E-state index is 11.6. The molecule has 7 nitrogen and oxygen atoms in total. The predicted octanol–water partition coefficient (Wildman–Crippen LogP) is 2.52. The molecular weight excluding hydrogens is 376 g/mol. The standard InChI is InChI=1S/C23H24N6O/c24-22(30)19-2-1-3-20-21(19)27-23(26-20)17-4-6-18(7-5-17)29-11-8-16(15-29)14-28-12-9-25-10-13-28/h1-8,11,15,25H,9-10,12-14H2,(H2,24,30)(H,26,27). The second-order valence-corrected chi connectivity index (χ2v) is 7.65. The molecule has 0 spiro atoms. The first-order valence-electron chi connectivity index (χ1n) is 10.2. The molecule has 1 fully saturated rings. The lowest BCUT2D eigenvalue weighted by atomic mass is 10.2. The van der Waals surface area contributed by atoms with Crippen molar-refractivity contribution in [1.82, 2.24) is 24.8 Å². The van der Waals surface area contributed by atoms with Crippen molar-refractivity contribution in [2.75, 3.05) is 26.2 Å². The number of hydrogen-bond donors (Lipinski definition) is 3. The lowest BCUT2D eigenvalue weighted by molar-refractivity contribution is 0.100. The second-order valence-electron chi connectivity index (χ2n) is 7.65. The van der Waals surface area contributed by atoms with Crippen LogP contribution in [0.1, 0.15) is 15.9 Å². The Balaban J connectivity index is 1.36. The minimum atomic E-state index is -0.474. The summed E-state index contributed by atoms with van der Waals surface area (Å²) in [4.78, 5) is 22.0. The van der Waals surface area contributed by atoms with E-state index in [1.165, 1.54) is 5.56 Å². The Hall–Kier alpha value is -3.42. The molecule has 1 aliphatic rings. The van der Waals surface area contributed by atoms with Crippen molar-refractivity contribution in [2.45, 2.75) is 6.54 Å². The third-order valence-electron chi connectivity index (χ3n) is 5.59. The van der Waals surface area contributed by atoms with Gasteiger partial charge in [-0.2, -0.15) is 0 Å². The summed E-state index contributed by atoms with van der Waals surface area (Å²) in [7, 11) is 0. The number of aromatic amines is 1. The third-order valence-corrected chi connectivity index (χ3v) is 5.59. The summed E-state index contributed by atoms with van der Waals surface area (Å²) in [6, 6.07) is 15.8. The van der Waals surface area contributed by atoms with Crippen molar-refractivity contribution in [1.29, 1.82) is 0 Å². The van der Waals surface area contributed by atoms with Crippen LogP contribution in [0.5, 0.6) is 0 Å². The fourth-order valence-electron chi connectivity index (χ4n) is 3.98. The molecule has 2 aromatic heterocycles. The Kier molecular flexibility index (Phi) is 4.82. The molecule has 4 N–H and O–H groups in total. The summed E-state index contributed by atoms with van der Waals surface area (Å²) < 4.78 is 2.14. The van der Waals surface area contributed by atoms with Crippen molar-refractivity contribution >= 4 is 16.9 Å². The van der Waals surface area contributed by atoms with E-state index in [-0.39, 0.29) is 0 Å². The number of rotatable bonds is 5. The zero-order valence-electron chi connectivity index (χ0n) is 16.6. The number of benzene rings is 2. The van der Waals surface area contributed by atoms with Crippen LogP contribution in [0.3, 0.4) is 0 Å². The minimum Gasteiger partial charge on any atom is -0.366 e. The molecule has 3 heterocycles. The van der Waals surface area contributed by atoms with Gasteiger partial charge in [0.05, 0.1) is 11.1 Å². The molecule has 1 amide bonds. The molecule has 5 rings (SSSR count). The van der Waals surface area contributed by atoms with Crippen LogP contribution in [0.2, 0.25) is 0 Å². The number of nitrogens with one attached hydrogen (secondary N) is 2. The first-order valence-corrected chi connectivity index (χ1v) is 10.2. The predicted molar refractivity (Wildman–Crippen MR) is 118 cm³/mol.